The van der Waals surface area contributed by atoms with Gasteiger partial charge >= 0.3 is 6.64 Å². The van der Waals surface area contributed by atoms with Gasteiger partial charge in [-0.15, -0.1) is 0 Å². The summed E-state index contributed by atoms with van der Waals surface area (Å²) in [7, 11) is 0.550. The minimum Gasteiger partial charge on any atom is -0.419 e. The molecule has 4 aromatic rings. The monoisotopic (exact) mass is 851 g/mol. The highest BCUT2D eigenvalue weighted by Crippen LogP contribution is 2.63. The van der Waals surface area contributed by atoms with Crippen LogP contribution in [0.4, 0.5) is 0 Å². The van der Waals surface area contributed by atoms with Crippen LogP contribution in [-0.2, 0) is 35.4 Å². The first-order valence-corrected chi connectivity index (χ1v) is 27.3. The highest BCUT2D eigenvalue weighted by molar-refractivity contribution is 8.38. The van der Waals surface area contributed by atoms with Crippen molar-refractivity contribution in [2.75, 3.05) is 14.1 Å². The van der Waals surface area contributed by atoms with Gasteiger partial charge < -0.3 is 9.05 Å². The molecule has 18 heteroatoms. The molecule has 0 unspecified atom stereocenters. The molecule has 48 heavy (non-hydrogen) atoms. The van der Waals surface area contributed by atoms with Crippen molar-refractivity contribution in [3.63, 3.8) is 0 Å². The smallest absolute Gasteiger partial charge is 0.413 e. The molecule has 4 aromatic carbocycles. The van der Waals surface area contributed by atoms with Crippen molar-refractivity contribution in [3.05, 3.63) is 133 Å². The second kappa shape index (κ2) is 17.1. The predicted octanol–water partition coefficient (Wildman–Crippen LogP) is 11.3. The van der Waals surface area contributed by atoms with E-state index in [1.165, 1.54) is 9.56 Å². The maximum Gasteiger partial charge on any atom is 0.413 e. The van der Waals surface area contributed by atoms with Crippen LogP contribution in [0.15, 0.2) is 136 Å². The number of halogens is 4. The summed E-state index contributed by atoms with van der Waals surface area (Å²) in [5, 5.41) is 10.4. The number of hydrogen-bond donors (Lipinski definition) is 0. The lowest BCUT2D eigenvalue weighted by atomic mass is 10.2. The molecule has 0 aliphatic heterocycles. The average Bonchev–Trinajstić information content (AvgIpc) is 3.06. The molecule has 0 radical (unpaired) electrons. The van der Waals surface area contributed by atoms with Gasteiger partial charge in [-0.05, 0) is 134 Å². The SMILES string of the molecule is C=CP(=NP(=S)(Oc1ccc(/C=N/N(C)P(=S)(Cl)Cl)cc1)Oc1ccc(/C=N/N(C)P(=S)(Cl)Cl)cc1)(c1ccccc1)c1ccccc1. The molecule has 0 aliphatic carbocycles. The second-order valence-corrected chi connectivity index (χ2v) is 31.3. The quantitative estimate of drug-likeness (QED) is 0.0711. The lowest BCUT2D eigenvalue weighted by molar-refractivity contribution is 0.489. The summed E-state index contributed by atoms with van der Waals surface area (Å²) < 4.78 is 21.1. The van der Waals surface area contributed by atoms with Gasteiger partial charge in [0, 0.05) is 36.5 Å². The first-order chi connectivity index (χ1) is 22.6. The minimum atomic E-state index is -3.50. The van der Waals surface area contributed by atoms with E-state index in [1.54, 1.807) is 50.8 Å². The maximum atomic E-state index is 6.53. The van der Waals surface area contributed by atoms with Crippen molar-refractivity contribution in [2.24, 2.45) is 14.7 Å². The molecule has 7 nitrogen and oxygen atoms in total. The fourth-order valence-electron chi connectivity index (χ4n) is 3.95. The summed E-state index contributed by atoms with van der Waals surface area (Å²) in [5.74, 6) is 2.78. The van der Waals surface area contributed by atoms with Gasteiger partial charge in [0.25, 0.3) is 0 Å². The highest BCUT2D eigenvalue weighted by Gasteiger charge is 2.31. The maximum absolute atomic E-state index is 6.53. The minimum absolute atomic E-state index is 0.459. The molecule has 0 heterocycles. The fraction of sp³-hybridized carbons (Fsp3) is 0.0667. The van der Waals surface area contributed by atoms with Gasteiger partial charge in [-0.1, -0.05) is 67.2 Å². The standard InChI is InChI=1S/C30H29Cl4N5O2P4S3/c1-4-42(29-11-7-5-8-12-29,30-13-9-6-10-14-30)37-45(48,40-27-19-15-25(16-20-27)23-35-38(2)43(31,32)46)41-28-21-17-26(18-22-28)24-36-39(3)44(33,34)47/h4-24H,1H2,2-3H3/b35-23+,36-24+. The molecule has 0 bridgehead atoms. The van der Waals surface area contributed by atoms with Crippen LogP contribution in [0.5, 0.6) is 11.5 Å². The third-order valence-electron chi connectivity index (χ3n) is 6.44. The van der Waals surface area contributed by atoms with Crippen molar-refractivity contribution in [3.8, 4) is 11.5 Å². The zero-order valence-corrected chi connectivity index (χ0v) is 34.5. The van der Waals surface area contributed by atoms with Crippen LogP contribution in [-0.4, -0.2) is 36.1 Å². The molecule has 4 rings (SSSR count). The predicted molar refractivity (Wildman–Crippen MR) is 223 cm³/mol. The van der Waals surface area contributed by atoms with E-state index < -0.39 is 23.5 Å². The molecule has 0 amide bonds. The molecule has 0 saturated carbocycles. The van der Waals surface area contributed by atoms with Crippen molar-refractivity contribution < 1.29 is 9.05 Å². The van der Waals surface area contributed by atoms with Crippen LogP contribution in [0, 0.1) is 0 Å². The van der Waals surface area contributed by atoms with Gasteiger partial charge in [0.1, 0.15) is 11.5 Å². The fourth-order valence-corrected chi connectivity index (χ4v) is 12.2. The molecule has 0 atom stereocenters. The topological polar surface area (TPSA) is 62.0 Å². The Morgan fingerprint density at radius 1 is 0.604 bits per heavy atom. The molecule has 0 saturated heterocycles. The molecule has 252 valence electrons. The Kier molecular flexibility index (Phi) is 14.0. The zero-order valence-electron chi connectivity index (χ0n) is 25.4. The summed E-state index contributed by atoms with van der Waals surface area (Å²) in [6.45, 7) is 0.738. The van der Waals surface area contributed by atoms with Crippen LogP contribution >= 0.6 is 68.4 Å². The van der Waals surface area contributed by atoms with Crippen molar-refractivity contribution in [1.29, 1.82) is 0 Å². The molecular formula is C30H29Cl4N5O2P4S3. The van der Waals surface area contributed by atoms with Crippen molar-refractivity contribution in [1.82, 2.24) is 9.56 Å². The lowest BCUT2D eigenvalue weighted by Gasteiger charge is -2.27. The van der Waals surface area contributed by atoms with E-state index in [-0.39, 0.29) is 0 Å². The zero-order chi connectivity index (χ0) is 35.0. The first-order valence-electron chi connectivity index (χ1n) is 13.8. The van der Waals surface area contributed by atoms with Crippen molar-refractivity contribution in [2.45, 2.75) is 0 Å². The Morgan fingerprint density at radius 3 is 1.27 bits per heavy atom. The van der Waals surface area contributed by atoms with E-state index in [0.29, 0.717) is 11.5 Å². The van der Waals surface area contributed by atoms with E-state index in [9.17, 15) is 0 Å². The third-order valence-corrected chi connectivity index (χ3v) is 18.7. The summed E-state index contributed by atoms with van der Waals surface area (Å²) in [4.78, 5) is -5.47. The van der Waals surface area contributed by atoms with Crippen LogP contribution in [0.3, 0.4) is 0 Å². The van der Waals surface area contributed by atoms with Gasteiger partial charge in [-0.3, -0.25) is 0 Å². The number of nitrogens with zero attached hydrogens (tertiary/aromatic N) is 5. The van der Waals surface area contributed by atoms with Crippen LogP contribution in [0.2, 0.25) is 0 Å². The van der Waals surface area contributed by atoms with Crippen LogP contribution < -0.4 is 19.7 Å². The summed E-state index contributed by atoms with van der Waals surface area (Å²) >= 11 is 40.6. The number of rotatable bonds is 14. The Hall–Kier alpha value is -1.50. The summed E-state index contributed by atoms with van der Waals surface area (Å²) in [5.41, 5.74) is 1.53. The Bertz CT molecular complexity index is 1850. The molecule has 0 spiro atoms. The number of benzene rings is 4. The van der Waals surface area contributed by atoms with E-state index in [2.05, 4.69) is 16.8 Å². The molecular weight excluding hydrogens is 824 g/mol. The Morgan fingerprint density at radius 2 is 0.958 bits per heavy atom. The van der Waals surface area contributed by atoms with Gasteiger partial charge in [-0.2, -0.15) is 14.7 Å². The number of hydrogen-bond acceptors (Lipinski definition) is 7. The molecule has 0 fully saturated rings. The number of hydrazone groups is 2. The molecule has 0 aromatic heterocycles. The molecule has 0 aliphatic rings. The van der Waals surface area contributed by atoms with Gasteiger partial charge in [0.2, 0.25) is 9.79 Å². The van der Waals surface area contributed by atoms with E-state index in [1.807, 2.05) is 90.7 Å². The Labute approximate surface area is 316 Å². The van der Waals surface area contributed by atoms with Gasteiger partial charge in [0.15, 0.2) is 0 Å². The van der Waals surface area contributed by atoms with E-state index in [0.717, 1.165) is 21.7 Å². The normalized spacial score (nSPS) is 12.5. The van der Waals surface area contributed by atoms with E-state index in [4.69, 9.17) is 93.9 Å². The largest absolute Gasteiger partial charge is 0.419 e. The summed E-state index contributed by atoms with van der Waals surface area (Å²) in [6.07, 6.45) is 3.20. The molecule has 0 N–H and O–H groups in total. The van der Waals surface area contributed by atoms with Crippen LogP contribution in [0.1, 0.15) is 11.1 Å². The first kappa shape index (κ1) is 39.3. The second-order valence-electron chi connectivity index (χ2n) is 9.76. The lowest BCUT2D eigenvalue weighted by Crippen LogP contribution is -2.15. The van der Waals surface area contributed by atoms with Gasteiger partial charge in [0.05, 0.1) is 19.5 Å². The third kappa shape index (κ3) is 11.0. The van der Waals surface area contributed by atoms with Crippen LogP contribution in [0.25, 0.3) is 0 Å². The van der Waals surface area contributed by atoms with E-state index >= 15 is 0 Å². The average molecular weight is 854 g/mol. The summed E-state index contributed by atoms with van der Waals surface area (Å²) in [6, 6.07) is 34.2. The highest BCUT2D eigenvalue weighted by atomic mass is 35.9. The van der Waals surface area contributed by atoms with Gasteiger partial charge in [-0.25, -0.2) is 9.56 Å². The Balaban J connectivity index is 1.78. The van der Waals surface area contributed by atoms with Crippen molar-refractivity contribution >= 4 is 127 Å².